The quantitative estimate of drug-likeness (QED) is 0.337. The van der Waals surface area contributed by atoms with Crippen molar-refractivity contribution in [2.24, 2.45) is 11.7 Å². The van der Waals surface area contributed by atoms with Crippen LogP contribution in [-0.4, -0.2) is 21.2 Å². The number of amides is 1. The first-order valence-electron chi connectivity index (χ1n) is 9.97. The molecule has 0 unspecified atom stereocenters. The Morgan fingerprint density at radius 2 is 1.87 bits per heavy atom. The minimum atomic E-state index is -0.566. The molecule has 0 saturated carbocycles. The van der Waals surface area contributed by atoms with Crippen LogP contribution >= 0.6 is 0 Å². The summed E-state index contributed by atoms with van der Waals surface area (Å²) in [7, 11) is 0. The van der Waals surface area contributed by atoms with Crippen molar-refractivity contribution in [1.82, 2.24) is 4.57 Å². The van der Waals surface area contributed by atoms with Crippen molar-refractivity contribution in [1.29, 1.82) is 0 Å². The van der Waals surface area contributed by atoms with Gasteiger partial charge in [0.25, 0.3) is 5.69 Å². The number of nitrogens with two attached hydrogens (primary N) is 1. The number of benzene rings is 2. The van der Waals surface area contributed by atoms with Crippen molar-refractivity contribution in [2.75, 3.05) is 0 Å². The highest BCUT2D eigenvalue weighted by Crippen LogP contribution is 2.32. The fraction of sp³-hybridized carbons (Fsp3) is 0.304. The number of primary amides is 1. The van der Waals surface area contributed by atoms with Crippen molar-refractivity contribution < 1.29 is 14.5 Å². The maximum Gasteiger partial charge on any atom is 0.274 e. The molecule has 0 bridgehead atoms. The zero-order valence-electron chi connectivity index (χ0n) is 17.3. The highest BCUT2D eigenvalue weighted by molar-refractivity contribution is 6.11. The molecule has 0 fully saturated rings. The molecule has 0 spiro atoms. The molecule has 0 aliphatic heterocycles. The molecule has 0 atom stereocenters. The molecule has 156 valence electrons. The van der Waals surface area contributed by atoms with Gasteiger partial charge in [-0.2, -0.15) is 0 Å². The molecule has 1 aromatic heterocycles. The van der Waals surface area contributed by atoms with Crippen LogP contribution < -0.4 is 5.73 Å². The second kappa shape index (κ2) is 8.49. The van der Waals surface area contributed by atoms with E-state index in [2.05, 4.69) is 0 Å². The summed E-state index contributed by atoms with van der Waals surface area (Å²) in [5.41, 5.74) is 8.48. The Hall–Kier alpha value is -3.48. The summed E-state index contributed by atoms with van der Waals surface area (Å²) in [4.78, 5) is 36.0. The number of ketones is 1. The Morgan fingerprint density at radius 3 is 2.47 bits per heavy atom. The monoisotopic (exact) mass is 407 g/mol. The number of nitro groups is 1. The number of nitro benzene ring substituents is 1. The Morgan fingerprint density at radius 1 is 1.17 bits per heavy atom. The lowest BCUT2D eigenvalue weighted by Crippen LogP contribution is -2.13. The van der Waals surface area contributed by atoms with Crippen LogP contribution in [0.4, 0.5) is 5.69 Å². The molecule has 30 heavy (non-hydrogen) atoms. The fourth-order valence-electron chi connectivity index (χ4n) is 3.79. The normalized spacial score (nSPS) is 11.2. The van der Waals surface area contributed by atoms with Gasteiger partial charge >= 0.3 is 0 Å². The van der Waals surface area contributed by atoms with Crippen LogP contribution in [0.15, 0.2) is 42.5 Å². The fourth-order valence-corrected chi connectivity index (χ4v) is 3.79. The molecule has 7 heteroatoms. The minimum absolute atomic E-state index is 0.0107. The summed E-state index contributed by atoms with van der Waals surface area (Å²) in [6, 6.07) is 11.6. The van der Waals surface area contributed by atoms with Crippen molar-refractivity contribution in [3.05, 3.63) is 75.0 Å². The van der Waals surface area contributed by atoms with Gasteiger partial charge in [-0.25, -0.2) is 0 Å². The van der Waals surface area contributed by atoms with Gasteiger partial charge in [-0.15, -0.1) is 0 Å². The lowest BCUT2D eigenvalue weighted by Gasteiger charge is -2.13. The van der Waals surface area contributed by atoms with Crippen molar-refractivity contribution in [3.63, 3.8) is 0 Å². The van der Waals surface area contributed by atoms with Crippen LogP contribution in [0.5, 0.6) is 0 Å². The SMILES string of the molecule is CCCc1c(C(=O)C(C)C)c2ccc(C(N)=O)cc2n1Cc1ccccc1[N+](=O)[O-]. The summed E-state index contributed by atoms with van der Waals surface area (Å²) >= 11 is 0. The molecule has 7 nitrogen and oxygen atoms in total. The van der Waals surface area contributed by atoms with E-state index in [1.807, 2.05) is 25.3 Å². The summed E-state index contributed by atoms with van der Waals surface area (Å²) in [6.45, 7) is 5.93. The second-order valence-electron chi connectivity index (χ2n) is 7.66. The number of nitrogens with zero attached hydrogens (tertiary/aromatic N) is 2. The van der Waals surface area contributed by atoms with E-state index in [1.165, 1.54) is 6.07 Å². The number of para-hydroxylation sites is 1. The Kier molecular flexibility index (Phi) is 6.01. The van der Waals surface area contributed by atoms with Gasteiger partial charge in [0.1, 0.15) is 0 Å². The van der Waals surface area contributed by atoms with E-state index in [-0.39, 0.29) is 23.9 Å². The van der Waals surface area contributed by atoms with E-state index in [4.69, 9.17) is 5.73 Å². The third-order valence-corrected chi connectivity index (χ3v) is 5.23. The number of carbonyl (C=O) groups excluding carboxylic acids is 2. The molecular weight excluding hydrogens is 382 g/mol. The molecule has 0 aliphatic carbocycles. The maximum atomic E-state index is 13.1. The van der Waals surface area contributed by atoms with Gasteiger partial charge in [0.15, 0.2) is 5.78 Å². The first-order chi connectivity index (χ1) is 14.3. The summed E-state index contributed by atoms with van der Waals surface area (Å²) in [5.74, 6) is -0.762. The third kappa shape index (κ3) is 3.83. The molecule has 1 amide bonds. The van der Waals surface area contributed by atoms with Gasteiger partial charge in [0.2, 0.25) is 5.91 Å². The van der Waals surface area contributed by atoms with Gasteiger partial charge in [-0.1, -0.05) is 51.5 Å². The zero-order valence-corrected chi connectivity index (χ0v) is 17.3. The topological polar surface area (TPSA) is 108 Å². The first-order valence-corrected chi connectivity index (χ1v) is 9.97. The standard InChI is InChI=1S/C23H25N3O4/c1-4-7-19-21(22(27)14(2)3)17-11-10-15(23(24)28)12-20(17)25(19)13-16-8-5-6-9-18(16)26(29)30/h5-6,8-12,14H,4,7,13H2,1-3H3,(H2,24,28). The highest BCUT2D eigenvalue weighted by atomic mass is 16.6. The largest absolute Gasteiger partial charge is 0.366 e. The van der Waals surface area contributed by atoms with Gasteiger partial charge < -0.3 is 10.3 Å². The minimum Gasteiger partial charge on any atom is -0.366 e. The number of carbonyl (C=O) groups is 2. The molecule has 0 aliphatic rings. The predicted molar refractivity (Wildman–Crippen MR) is 116 cm³/mol. The van der Waals surface area contributed by atoms with Gasteiger partial charge in [-0.05, 0) is 18.6 Å². The molecule has 2 aromatic carbocycles. The van der Waals surface area contributed by atoms with Crippen LogP contribution in [-0.2, 0) is 13.0 Å². The summed E-state index contributed by atoms with van der Waals surface area (Å²) in [6.07, 6.45) is 1.43. The Bertz CT molecular complexity index is 1140. The van der Waals surface area contributed by atoms with Crippen molar-refractivity contribution in [3.8, 4) is 0 Å². The molecule has 3 aromatic rings. The highest BCUT2D eigenvalue weighted by Gasteiger charge is 2.25. The molecular formula is C23H25N3O4. The maximum absolute atomic E-state index is 13.1. The molecule has 0 saturated heterocycles. The Labute approximate surface area is 174 Å². The van der Waals surface area contributed by atoms with Crippen LogP contribution in [0.25, 0.3) is 10.9 Å². The third-order valence-electron chi connectivity index (χ3n) is 5.23. The van der Waals surface area contributed by atoms with Crippen LogP contribution in [0, 0.1) is 16.0 Å². The summed E-state index contributed by atoms with van der Waals surface area (Å²) < 4.78 is 1.92. The van der Waals surface area contributed by atoms with Gasteiger partial charge in [0.05, 0.1) is 17.0 Å². The molecule has 1 heterocycles. The number of Topliss-reactive ketones (excluding diaryl/α,β-unsaturated/α-hetero) is 1. The van der Waals surface area contributed by atoms with Crippen LogP contribution in [0.1, 0.15) is 59.2 Å². The van der Waals surface area contributed by atoms with E-state index in [9.17, 15) is 19.7 Å². The number of hydrogen-bond donors (Lipinski definition) is 1. The average Bonchev–Trinajstić information content (AvgIpc) is 3.00. The number of aromatic nitrogens is 1. The molecule has 2 N–H and O–H groups in total. The predicted octanol–water partition coefficient (Wildman–Crippen LogP) is 4.49. The van der Waals surface area contributed by atoms with E-state index in [0.29, 0.717) is 28.6 Å². The number of rotatable bonds is 8. The first kappa shape index (κ1) is 21.2. The second-order valence-corrected chi connectivity index (χ2v) is 7.66. The van der Waals surface area contributed by atoms with E-state index in [1.54, 1.807) is 36.4 Å². The van der Waals surface area contributed by atoms with E-state index < -0.39 is 10.8 Å². The number of hydrogen-bond acceptors (Lipinski definition) is 4. The lowest BCUT2D eigenvalue weighted by molar-refractivity contribution is -0.385. The average molecular weight is 407 g/mol. The Balaban J connectivity index is 2.34. The van der Waals surface area contributed by atoms with Gasteiger partial charge in [-0.3, -0.25) is 19.7 Å². The van der Waals surface area contributed by atoms with E-state index in [0.717, 1.165) is 17.5 Å². The number of fused-ring (bicyclic) bond motifs is 1. The van der Waals surface area contributed by atoms with Crippen molar-refractivity contribution in [2.45, 2.75) is 40.2 Å². The zero-order chi connectivity index (χ0) is 22.0. The van der Waals surface area contributed by atoms with Crippen LogP contribution in [0.3, 0.4) is 0 Å². The summed E-state index contributed by atoms with van der Waals surface area (Å²) in [5, 5.41) is 12.3. The van der Waals surface area contributed by atoms with Gasteiger partial charge in [0, 0.05) is 39.8 Å². The van der Waals surface area contributed by atoms with Crippen molar-refractivity contribution >= 4 is 28.3 Å². The van der Waals surface area contributed by atoms with E-state index >= 15 is 0 Å². The van der Waals surface area contributed by atoms with Crippen LogP contribution in [0.2, 0.25) is 0 Å². The molecule has 3 rings (SSSR count). The lowest BCUT2D eigenvalue weighted by atomic mass is 9.96. The smallest absolute Gasteiger partial charge is 0.274 e. The molecule has 0 radical (unpaired) electrons.